The van der Waals surface area contributed by atoms with Crippen molar-refractivity contribution in [2.45, 2.75) is 26.8 Å². The molecule has 0 fully saturated rings. The van der Waals surface area contributed by atoms with Gasteiger partial charge in [0, 0.05) is 37.1 Å². The van der Waals surface area contributed by atoms with Gasteiger partial charge in [-0.2, -0.15) is 5.26 Å². The molecule has 32 heavy (non-hydrogen) atoms. The Morgan fingerprint density at radius 1 is 1.34 bits per heavy atom. The maximum Gasteiger partial charge on any atom is 0.252 e. The lowest BCUT2D eigenvalue weighted by Gasteiger charge is -2.16. The van der Waals surface area contributed by atoms with Crippen LogP contribution in [0.25, 0.3) is 11.3 Å². The quantitative estimate of drug-likeness (QED) is 0.492. The number of aromatic nitrogens is 2. The lowest BCUT2D eigenvalue weighted by Crippen LogP contribution is -2.37. The zero-order valence-corrected chi connectivity index (χ0v) is 19.0. The van der Waals surface area contributed by atoms with Crippen molar-refractivity contribution >= 4 is 11.9 Å². The first-order valence-corrected chi connectivity index (χ1v) is 10.4. The number of hydrogen-bond acceptors (Lipinski definition) is 7. The van der Waals surface area contributed by atoms with Crippen LogP contribution in [-0.4, -0.2) is 52.1 Å². The smallest absolute Gasteiger partial charge is 0.252 e. The molecule has 0 aliphatic carbocycles. The lowest BCUT2D eigenvalue weighted by molar-refractivity contribution is 0.0937. The van der Waals surface area contributed by atoms with Gasteiger partial charge in [0.25, 0.3) is 5.91 Å². The molecular formula is C24H30N6O2. The number of aryl methyl sites for hydroxylation is 1. The Kier molecular flexibility index (Phi) is 8.93. The second-order valence-electron chi connectivity index (χ2n) is 7.74. The van der Waals surface area contributed by atoms with Crippen molar-refractivity contribution in [3.05, 3.63) is 66.1 Å². The maximum atomic E-state index is 12.4. The SMILES string of the molecule is C=C/C(=C\N(C)CCO)Nc1ncc(C)c(-c2ccc(C(=O)N[C@H](C#N)C(C)C)cc2)n1. The highest BCUT2D eigenvalue weighted by molar-refractivity contribution is 5.95. The second kappa shape index (κ2) is 11.6. The Hall–Kier alpha value is -3.70. The van der Waals surface area contributed by atoms with Gasteiger partial charge < -0.3 is 20.6 Å². The Morgan fingerprint density at radius 2 is 2.03 bits per heavy atom. The Labute approximate surface area is 189 Å². The Bertz CT molecular complexity index is 1010. The third-order valence-corrected chi connectivity index (χ3v) is 4.77. The fourth-order valence-corrected chi connectivity index (χ4v) is 2.87. The number of rotatable bonds is 10. The molecule has 1 heterocycles. The first-order chi connectivity index (χ1) is 15.3. The number of carbonyl (C=O) groups excluding carboxylic acids is 1. The van der Waals surface area contributed by atoms with Crippen molar-refractivity contribution in [3.63, 3.8) is 0 Å². The molecule has 8 heteroatoms. The second-order valence-corrected chi connectivity index (χ2v) is 7.74. The standard InChI is InChI=1S/C24H30N6O2/c1-6-20(15-30(5)11-12-31)27-24-26-14-17(4)22(29-24)18-7-9-19(10-8-18)23(32)28-21(13-25)16(2)3/h6-10,14-16,21,31H,1,11-12H2,2-5H3,(H,28,32)(H,26,27,29)/b20-15+/t21-/m1/s1. The Morgan fingerprint density at radius 3 is 2.59 bits per heavy atom. The number of carbonyl (C=O) groups is 1. The molecule has 0 unspecified atom stereocenters. The van der Waals surface area contributed by atoms with Gasteiger partial charge in [0.2, 0.25) is 5.95 Å². The Balaban J connectivity index is 2.22. The lowest BCUT2D eigenvalue weighted by atomic mass is 10.0. The highest BCUT2D eigenvalue weighted by Gasteiger charge is 2.16. The summed E-state index contributed by atoms with van der Waals surface area (Å²) in [6, 6.07) is 8.65. The van der Waals surface area contributed by atoms with E-state index in [0.717, 1.165) is 16.8 Å². The minimum atomic E-state index is -0.538. The topological polar surface area (TPSA) is 114 Å². The first kappa shape index (κ1) is 24.6. The summed E-state index contributed by atoms with van der Waals surface area (Å²) in [6.07, 6.45) is 5.19. The van der Waals surface area contributed by atoms with Crippen molar-refractivity contribution in [2.24, 2.45) is 5.92 Å². The van der Waals surface area contributed by atoms with Gasteiger partial charge in [-0.3, -0.25) is 4.79 Å². The molecule has 1 aromatic heterocycles. The normalized spacial score (nSPS) is 12.1. The molecule has 2 aromatic rings. The number of nitrogens with one attached hydrogen (secondary N) is 2. The van der Waals surface area contributed by atoms with E-state index in [1.54, 1.807) is 24.4 Å². The van der Waals surface area contributed by atoms with E-state index >= 15 is 0 Å². The van der Waals surface area contributed by atoms with Gasteiger partial charge in [0.1, 0.15) is 6.04 Å². The van der Waals surface area contributed by atoms with Gasteiger partial charge >= 0.3 is 0 Å². The van der Waals surface area contributed by atoms with E-state index in [1.807, 2.05) is 51.1 Å². The third kappa shape index (κ3) is 6.65. The fourth-order valence-electron chi connectivity index (χ4n) is 2.87. The number of hydrogen-bond donors (Lipinski definition) is 3. The van der Waals surface area contributed by atoms with Gasteiger partial charge in [-0.15, -0.1) is 0 Å². The van der Waals surface area contributed by atoms with Crippen LogP contribution < -0.4 is 10.6 Å². The summed E-state index contributed by atoms with van der Waals surface area (Å²) in [7, 11) is 1.85. The van der Waals surface area contributed by atoms with Crippen LogP contribution in [0, 0.1) is 24.2 Å². The summed E-state index contributed by atoms with van der Waals surface area (Å²) in [6.45, 7) is 10.0. The molecule has 0 saturated carbocycles. The molecule has 0 saturated heterocycles. The number of aliphatic hydroxyl groups is 1. The molecular weight excluding hydrogens is 404 g/mol. The molecule has 1 amide bonds. The summed E-state index contributed by atoms with van der Waals surface area (Å²) in [4.78, 5) is 23.2. The number of nitriles is 1. The van der Waals surface area contributed by atoms with Gasteiger partial charge in [0.05, 0.1) is 24.1 Å². The van der Waals surface area contributed by atoms with Crippen molar-refractivity contribution in [1.82, 2.24) is 20.2 Å². The molecule has 0 radical (unpaired) electrons. The van der Waals surface area contributed by atoms with Gasteiger partial charge in [-0.05, 0) is 36.6 Å². The zero-order chi connectivity index (χ0) is 23.7. The zero-order valence-electron chi connectivity index (χ0n) is 19.0. The number of nitrogens with zero attached hydrogens (tertiary/aromatic N) is 4. The molecule has 0 aliphatic heterocycles. The van der Waals surface area contributed by atoms with Crippen LogP contribution in [0.5, 0.6) is 0 Å². The van der Waals surface area contributed by atoms with Crippen molar-refractivity contribution in [3.8, 4) is 17.3 Å². The molecule has 1 aromatic carbocycles. The number of anilines is 1. The molecule has 0 spiro atoms. The number of benzene rings is 1. The first-order valence-electron chi connectivity index (χ1n) is 10.4. The minimum absolute atomic E-state index is 0.0238. The monoisotopic (exact) mass is 434 g/mol. The highest BCUT2D eigenvalue weighted by atomic mass is 16.3. The molecule has 1 atom stereocenters. The average molecular weight is 435 g/mol. The summed E-state index contributed by atoms with van der Waals surface area (Å²) in [5.41, 5.74) is 3.63. The van der Waals surface area contributed by atoms with Gasteiger partial charge in [-0.25, -0.2) is 9.97 Å². The number of allylic oxidation sites excluding steroid dienone is 1. The van der Waals surface area contributed by atoms with E-state index in [-0.39, 0.29) is 18.4 Å². The average Bonchev–Trinajstić information content (AvgIpc) is 2.78. The van der Waals surface area contributed by atoms with Gasteiger partial charge in [0.15, 0.2) is 0 Å². The van der Waals surface area contributed by atoms with Crippen LogP contribution in [0.3, 0.4) is 0 Å². The predicted molar refractivity (Wildman–Crippen MR) is 126 cm³/mol. The van der Waals surface area contributed by atoms with E-state index in [1.165, 1.54) is 0 Å². The van der Waals surface area contributed by atoms with Crippen molar-refractivity contribution in [2.75, 3.05) is 25.5 Å². The summed E-state index contributed by atoms with van der Waals surface area (Å²) in [5, 5.41) is 24.1. The van der Waals surface area contributed by atoms with Crippen LogP contribution in [0.1, 0.15) is 29.8 Å². The molecule has 3 N–H and O–H groups in total. The molecule has 0 bridgehead atoms. The number of amides is 1. The van der Waals surface area contributed by atoms with Crippen molar-refractivity contribution < 1.29 is 9.90 Å². The van der Waals surface area contributed by atoms with Crippen LogP contribution in [-0.2, 0) is 0 Å². The number of aliphatic hydroxyl groups excluding tert-OH is 1. The van der Waals surface area contributed by atoms with E-state index < -0.39 is 6.04 Å². The minimum Gasteiger partial charge on any atom is -0.395 e. The van der Waals surface area contributed by atoms with Crippen LogP contribution in [0.4, 0.5) is 5.95 Å². The van der Waals surface area contributed by atoms with Crippen molar-refractivity contribution in [1.29, 1.82) is 5.26 Å². The maximum absolute atomic E-state index is 12.4. The van der Waals surface area contributed by atoms with E-state index in [4.69, 9.17) is 5.11 Å². The van der Waals surface area contributed by atoms with Crippen LogP contribution in [0.2, 0.25) is 0 Å². The van der Waals surface area contributed by atoms with E-state index in [2.05, 4.69) is 33.2 Å². The number of likely N-dealkylation sites (N-methyl/N-ethyl adjacent to an activating group) is 1. The summed E-state index contributed by atoms with van der Waals surface area (Å²) in [5.74, 6) is 0.145. The third-order valence-electron chi connectivity index (χ3n) is 4.77. The predicted octanol–water partition coefficient (Wildman–Crippen LogP) is 3.09. The summed E-state index contributed by atoms with van der Waals surface area (Å²) >= 11 is 0. The van der Waals surface area contributed by atoms with E-state index in [0.29, 0.717) is 23.8 Å². The largest absolute Gasteiger partial charge is 0.395 e. The van der Waals surface area contributed by atoms with Gasteiger partial charge in [-0.1, -0.05) is 32.6 Å². The fraction of sp³-hybridized carbons (Fsp3) is 0.333. The molecule has 8 nitrogen and oxygen atoms in total. The van der Waals surface area contributed by atoms with Crippen LogP contribution in [0.15, 0.2) is 55.0 Å². The molecule has 0 aliphatic rings. The molecule has 168 valence electrons. The van der Waals surface area contributed by atoms with Crippen LogP contribution >= 0.6 is 0 Å². The highest BCUT2D eigenvalue weighted by Crippen LogP contribution is 2.23. The van der Waals surface area contributed by atoms with E-state index in [9.17, 15) is 10.1 Å². The summed E-state index contributed by atoms with van der Waals surface area (Å²) < 4.78 is 0. The molecule has 2 rings (SSSR count).